The molecule has 2 rings (SSSR count). The van der Waals surface area contributed by atoms with Gasteiger partial charge in [-0.1, -0.05) is 0 Å². The van der Waals surface area contributed by atoms with Gasteiger partial charge in [-0.2, -0.15) is 0 Å². The van der Waals surface area contributed by atoms with Crippen molar-refractivity contribution in [3.63, 3.8) is 0 Å². The van der Waals surface area contributed by atoms with E-state index in [0.29, 0.717) is 0 Å². The lowest BCUT2D eigenvalue weighted by Crippen LogP contribution is -2.64. The molecule has 0 saturated carbocycles. The molecule has 0 radical (unpaired) electrons. The van der Waals surface area contributed by atoms with Crippen LogP contribution in [-0.2, 0) is 19.0 Å². The van der Waals surface area contributed by atoms with Crippen molar-refractivity contribution in [3.8, 4) is 0 Å². The van der Waals surface area contributed by atoms with Crippen LogP contribution in [0.2, 0.25) is 0 Å². The molecule has 2 heterocycles. The van der Waals surface area contributed by atoms with Gasteiger partial charge in [0.05, 0.1) is 6.61 Å². The molecular formula is C12H20O12. The number of hydrogen-bond donors (Lipinski definition) is 8. The molecule has 0 aromatic carbocycles. The van der Waals surface area contributed by atoms with Gasteiger partial charge in [-0.15, -0.1) is 0 Å². The third kappa shape index (κ3) is 3.52. The highest BCUT2D eigenvalue weighted by atomic mass is 16.7. The van der Waals surface area contributed by atoms with Crippen LogP contribution in [0.25, 0.3) is 0 Å². The molecular weight excluding hydrogens is 336 g/mol. The highest BCUT2D eigenvalue weighted by molar-refractivity contribution is 5.73. The molecule has 0 amide bonds. The second kappa shape index (κ2) is 7.53. The summed E-state index contributed by atoms with van der Waals surface area (Å²) in [5, 5.41) is 76.4. The summed E-state index contributed by atoms with van der Waals surface area (Å²) < 4.78 is 14.7. The van der Waals surface area contributed by atoms with Gasteiger partial charge in [-0.05, 0) is 0 Å². The lowest BCUT2D eigenvalue weighted by molar-refractivity contribution is -0.357. The molecule has 8 N–H and O–H groups in total. The standard InChI is InChI=1S/C12H20O12/c13-1-2-3(14)5(16)9(11(21)22-2)24-12-7(18)4(15)6(17)8(23-12)10(19)20/h2-9,11-18,21H,1H2,(H,19,20)/t2-,3-,4+,5+,6+,7-,8+,9-,11-,12-/m1/s1. The van der Waals surface area contributed by atoms with E-state index >= 15 is 0 Å². The van der Waals surface area contributed by atoms with Crippen molar-refractivity contribution in [3.05, 3.63) is 0 Å². The van der Waals surface area contributed by atoms with Crippen LogP contribution in [0, 0.1) is 0 Å². The molecule has 0 aromatic rings. The second-order valence-electron chi connectivity index (χ2n) is 5.56. The number of carboxylic acid groups (broad SMARTS) is 1. The van der Waals surface area contributed by atoms with Crippen LogP contribution in [0.15, 0.2) is 0 Å². The zero-order chi connectivity index (χ0) is 18.2. The molecule has 2 aliphatic heterocycles. The minimum absolute atomic E-state index is 0.698. The monoisotopic (exact) mass is 356 g/mol. The molecule has 0 aromatic heterocycles. The Morgan fingerprint density at radius 1 is 0.875 bits per heavy atom. The van der Waals surface area contributed by atoms with Gasteiger partial charge in [0.15, 0.2) is 18.7 Å². The number of rotatable bonds is 4. The van der Waals surface area contributed by atoms with Crippen molar-refractivity contribution in [1.29, 1.82) is 0 Å². The Bertz CT molecular complexity index is 446. The molecule has 0 spiro atoms. The topological polar surface area (TPSA) is 207 Å². The highest BCUT2D eigenvalue weighted by Gasteiger charge is 2.51. The van der Waals surface area contributed by atoms with Gasteiger partial charge in [0.25, 0.3) is 0 Å². The lowest BCUT2D eigenvalue weighted by atomic mass is 9.97. The lowest BCUT2D eigenvalue weighted by Gasteiger charge is -2.44. The number of aliphatic hydroxyl groups is 7. The third-order valence-electron chi connectivity index (χ3n) is 3.95. The molecule has 2 aliphatic rings. The smallest absolute Gasteiger partial charge is 0.335 e. The summed E-state index contributed by atoms with van der Waals surface area (Å²) in [7, 11) is 0. The fourth-order valence-electron chi connectivity index (χ4n) is 2.54. The molecule has 24 heavy (non-hydrogen) atoms. The highest BCUT2D eigenvalue weighted by Crippen LogP contribution is 2.28. The molecule has 2 fully saturated rings. The van der Waals surface area contributed by atoms with E-state index in [9.17, 15) is 35.4 Å². The average molecular weight is 356 g/mol. The van der Waals surface area contributed by atoms with Crippen LogP contribution >= 0.6 is 0 Å². The Morgan fingerprint density at radius 2 is 1.50 bits per heavy atom. The largest absolute Gasteiger partial charge is 0.479 e. The van der Waals surface area contributed by atoms with E-state index in [1.807, 2.05) is 0 Å². The summed E-state index contributed by atoms with van der Waals surface area (Å²) in [4.78, 5) is 11.0. The number of ether oxygens (including phenoxy) is 3. The molecule has 12 nitrogen and oxygen atoms in total. The molecule has 2 saturated heterocycles. The van der Waals surface area contributed by atoms with Crippen LogP contribution < -0.4 is 0 Å². The fraction of sp³-hybridized carbons (Fsp3) is 0.917. The van der Waals surface area contributed by atoms with Crippen LogP contribution in [0.1, 0.15) is 0 Å². The van der Waals surface area contributed by atoms with Gasteiger partial charge in [0, 0.05) is 0 Å². The first-order valence-electron chi connectivity index (χ1n) is 7.07. The van der Waals surface area contributed by atoms with E-state index in [-0.39, 0.29) is 0 Å². The van der Waals surface area contributed by atoms with E-state index in [0.717, 1.165) is 0 Å². The second-order valence-corrected chi connectivity index (χ2v) is 5.56. The van der Waals surface area contributed by atoms with E-state index < -0.39 is 74.0 Å². The molecule has 0 bridgehead atoms. The molecule has 12 heteroatoms. The van der Waals surface area contributed by atoms with E-state index in [1.54, 1.807) is 0 Å². The summed E-state index contributed by atoms with van der Waals surface area (Å²) in [5.41, 5.74) is 0. The van der Waals surface area contributed by atoms with Crippen LogP contribution in [0.3, 0.4) is 0 Å². The van der Waals surface area contributed by atoms with Gasteiger partial charge >= 0.3 is 5.97 Å². The maximum atomic E-state index is 11.0. The predicted molar refractivity (Wildman–Crippen MR) is 69.2 cm³/mol. The minimum atomic E-state index is -1.93. The van der Waals surface area contributed by atoms with Crippen molar-refractivity contribution in [2.24, 2.45) is 0 Å². The van der Waals surface area contributed by atoms with Gasteiger partial charge < -0.3 is 55.1 Å². The Labute approximate surface area is 135 Å². The first-order valence-corrected chi connectivity index (χ1v) is 7.07. The zero-order valence-electron chi connectivity index (χ0n) is 12.2. The quantitative estimate of drug-likeness (QED) is 0.238. The van der Waals surface area contributed by atoms with Crippen LogP contribution in [0.5, 0.6) is 0 Å². The summed E-state index contributed by atoms with van der Waals surface area (Å²) in [6.45, 7) is -0.698. The van der Waals surface area contributed by atoms with Crippen molar-refractivity contribution in [2.75, 3.05) is 6.61 Å². The Hall–Kier alpha value is -0.930. The van der Waals surface area contributed by atoms with E-state index in [2.05, 4.69) is 0 Å². The number of carbonyl (C=O) groups is 1. The predicted octanol–water partition coefficient (Wildman–Crippen LogP) is -5.30. The Kier molecular flexibility index (Phi) is 6.09. The number of aliphatic carboxylic acids is 1. The summed E-state index contributed by atoms with van der Waals surface area (Å²) in [6.07, 6.45) is -17.8. The maximum Gasteiger partial charge on any atom is 0.335 e. The van der Waals surface area contributed by atoms with Gasteiger partial charge in [-0.25, -0.2) is 4.79 Å². The Balaban J connectivity index is 2.12. The summed E-state index contributed by atoms with van der Waals surface area (Å²) >= 11 is 0. The van der Waals surface area contributed by atoms with Gasteiger partial charge in [-0.3, -0.25) is 0 Å². The first-order chi connectivity index (χ1) is 11.2. The Morgan fingerprint density at radius 3 is 2.04 bits per heavy atom. The summed E-state index contributed by atoms with van der Waals surface area (Å²) in [5.74, 6) is -1.64. The molecule has 10 atom stereocenters. The third-order valence-corrected chi connectivity index (χ3v) is 3.95. The normalized spacial score (nSPS) is 49.8. The summed E-state index contributed by atoms with van der Waals surface area (Å²) in [6, 6.07) is 0. The average Bonchev–Trinajstić information content (AvgIpc) is 2.54. The van der Waals surface area contributed by atoms with Crippen LogP contribution in [0.4, 0.5) is 0 Å². The molecule has 140 valence electrons. The van der Waals surface area contributed by atoms with E-state index in [1.165, 1.54) is 0 Å². The van der Waals surface area contributed by atoms with Gasteiger partial charge in [0.2, 0.25) is 0 Å². The zero-order valence-corrected chi connectivity index (χ0v) is 12.2. The first kappa shape index (κ1) is 19.4. The number of carboxylic acids is 1. The maximum absolute atomic E-state index is 11.0. The SMILES string of the molecule is O=C(O)[C@H]1O[C@H](O[C@@H]2[C@@H](O)[C@H](O)[C@@H](CO)O[C@H]2O)[C@H](O)[C@@H](O)[C@@H]1O. The van der Waals surface area contributed by atoms with Crippen molar-refractivity contribution in [1.82, 2.24) is 0 Å². The van der Waals surface area contributed by atoms with Crippen molar-refractivity contribution >= 4 is 5.97 Å². The molecule has 0 unspecified atom stereocenters. The number of aliphatic hydroxyl groups excluding tert-OH is 7. The minimum Gasteiger partial charge on any atom is -0.479 e. The van der Waals surface area contributed by atoms with Gasteiger partial charge in [0.1, 0.15) is 42.7 Å². The molecule has 0 aliphatic carbocycles. The number of hydrogen-bond acceptors (Lipinski definition) is 11. The van der Waals surface area contributed by atoms with E-state index in [4.69, 9.17) is 24.4 Å². The van der Waals surface area contributed by atoms with Crippen LogP contribution in [-0.4, -0.2) is 115 Å². The van der Waals surface area contributed by atoms with Crippen molar-refractivity contribution in [2.45, 2.75) is 61.4 Å². The fourth-order valence-corrected chi connectivity index (χ4v) is 2.54. The van der Waals surface area contributed by atoms with Crippen molar-refractivity contribution < 1.29 is 59.9 Å².